The van der Waals surface area contributed by atoms with Gasteiger partial charge >= 0.3 is 0 Å². The summed E-state index contributed by atoms with van der Waals surface area (Å²) in [7, 11) is 0. The molecule has 1 saturated heterocycles. The second-order valence-corrected chi connectivity index (χ2v) is 5.74. The summed E-state index contributed by atoms with van der Waals surface area (Å²) in [6, 6.07) is -0.294. The van der Waals surface area contributed by atoms with Gasteiger partial charge in [0.25, 0.3) is 0 Å². The van der Waals surface area contributed by atoms with Crippen LogP contribution in [0.4, 0.5) is 0 Å². The first-order chi connectivity index (χ1) is 8.54. The molecule has 1 aliphatic heterocycles. The fourth-order valence-electron chi connectivity index (χ4n) is 2.30. The summed E-state index contributed by atoms with van der Waals surface area (Å²) in [5.74, 6) is 0.892. The maximum absolute atomic E-state index is 12.0. The highest BCUT2D eigenvalue weighted by Crippen LogP contribution is 2.08. The summed E-state index contributed by atoms with van der Waals surface area (Å²) >= 11 is 0. The van der Waals surface area contributed by atoms with Crippen LogP contribution in [-0.2, 0) is 4.79 Å². The molecule has 1 rings (SSSR count). The lowest BCUT2D eigenvalue weighted by Gasteiger charge is -2.36. The van der Waals surface area contributed by atoms with Crippen molar-refractivity contribution in [2.45, 2.75) is 46.1 Å². The van der Waals surface area contributed by atoms with Crippen molar-refractivity contribution in [2.24, 2.45) is 11.7 Å². The standard InChI is InChI=1S/C14H29N3O/c1-4-5-13(15)14(18)17-10-8-16(9-11-17)7-6-12(2)3/h12-13H,4-11,15H2,1-3H3/t13-/m1/s1. The molecule has 1 fully saturated rings. The van der Waals surface area contributed by atoms with Gasteiger partial charge in [0.1, 0.15) is 0 Å². The van der Waals surface area contributed by atoms with E-state index in [4.69, 9.17) is 5.73 Å². The lowest BCUT2D eigenvalue weighted by molar-refractivity contribution is -0.134. The van der Waals surface area contributed by atoms with Crippen LogP contribution in [-0.4, -0.2) is 54.5 Å². The Morgan fingerprint density at radius 3 is 2.28 bits per heavy atom. The maximum Gasteiger partial charge on any atom is 0.239 e. The molecule has 0 aliphatic carbocycles. The Bertz CT molecular complexity index is 247. The van der Waals surface area contributed by atoms with E-state index in [9.17, 15) is 4.79 Å². The van der Waals surface area contributed by atoms with Crippen LogP contribution in [0.3, 0.4) is 0 Å². The van der Waals surface area contributed by atoms with Crippen molar-refractivity contribution in [3.8, 4) is 0 Å². The van der Waals surface area contributed by atoms with Crippen LogP contribution >= 0.6 is 0 Å². The van der Waals surface area contributed by atoms with Gasteiger partial charge in [-0.15, -0.1) is 0 Å². The van der Waals surface area contributed by atoms with Crippen molar-refractivity contribution >= 4 is 5.91 Å². The van der Waals surface area contributed by atoms with E-state index in [2.05, 4.69) is 25.7 Å². The molecule has 0 aromatic rings. The monoisotopic (exact) mass is 255 g/mol. The predicted molar refractivity (Wildman–Crippen MR) is 75.4 cm³/mol. The number of carbonyl (C=O) groups is 1. The van der Waals surface area contributed by atoms with E-state index < -0.39 is 0 Å². The van der Waals surface area contributed by atoms with Gasteiger partial charge in [0.2, 0.25) is 5.91 Å². The largest absolute Gasteiger partial charge is 0.339 e. The molecule has 1 amide bonds. The van der Waals surface area contributed by atoms with E-state index in [0.29, 0.717) is 0 Å². The number of amides is 1. The molecule has 0 radical (unpaired) electrons. The van der Waals surface area contributed by atoms with Gasteiger partial charge in [-0.1, -0.05) is 27.2 Å². The van der Waals surface area contributed by atoms with Gasteiger partial charge in [0.05, 0.1) is 6.04 Å². The number of carbonyl (C=O) groups excluding carboxylic acids is 1. The number of piperazine rings is 1. The molecular formula is C14H29N3O. The second-order valence-electron chi connectivity index (χ2n) is 5.74. The summed E-state index contributed by atoms with van der Waals surface area (Å²) in [4.78, 5) is 16.4. The van der Waals surface area contributed by atoms with Crippen molar-refractivity contribution in [3.05, 3.63) is 0 Å². The van der Waals surface area contributed by atoms with Gasteiger partial charge < -0.3 is 10.6 Å². The van der Waals surface area contributed by atoms with Crippen LogP contribution in [0.1, 0.15) is 40.0 Å². The Kier molecular flexibility index (Phi) is 6.65. The average Bonchev–Trinajstić information content (AvgIpc) is 2.36. The molecule has 18 heavy (non-hydrogen) atoms. The third kappa shape index (κ3) is 4.94. The van der Waals surface area contributed by atoms with Gasteiger partial charge in [-0.25, -0.2) is 0 Å². The minimum atomic E-state index is -0.294. The van der Waals surface area contributed by atoms with Gasteiger partial charge in [-0.3, -0.25) is 9.69 Å². The molecule has 0 spiro atoms. The van der Waals surface area contributed by atoms with E-state index in [0.717, 1.165) is 51.5 Å². The highest BCUT2D eigenvalue weighted by Gasteiger charge is 2.24. The highest BCUT2D eigenvalue weighted by molar-refractivity contribution is 5.81. The lowest BCUT2D eigenvalue weighted by Crippen LogP contribution is -2.53. The maximum atomic E-state index is 12.0. The topological polar surface area (TPSA) is 49.6 Å². The third-order valence-corrected chi connectivity index (χ3v) is 3.62. The van der Waals surface area contributed by atoms with Crippen LogP contribution < -0.4 is 5.73 Å². The number of hydrogen-bond acceptors (Lipinski definition) is 3. The van der Waals surface area contributed by atoms with E-state index in [1.54, 1.807) is 0 Å². The minimum Gasteiger partial charge on any atom is -0.339 e. The fourth-order valence-corrected chi connectivity index (χ4v) is 2.30. The van der Waals surface area contributed by atoms with Crippen LogP contribution in [0.2, 0.25) is 0 Å². The van der Waals surface area contributed by atoms with Crippen LogP contribution in [0, 0.1) is 5.92 Å². The first kappa shape index (κ1) is 15.4. The van der Waals surface area contributed by atoms with Gasteiger partial charge in [0.15, 0.2) is 0 Å². The molecule has 106 valence electrons. The zero-order chi connectivity index (χ0) is 13.5. The quantitative estimate of drug-likeness (QED) is 0.778. The molecular weight excluding hydrogens is 226 g/mol. The molecule has 0 aromatic heterocycles. The van der Waals surface area contributed by atoms with E-state index in [1.807, 2.05) is 4.90 Å². The van der Waals surface area contributed by atoms with Gasteiger partial charge in [0, 0.05) is 26.2 Å². The number of nitrogens with zero attached hydrogens (tertiary/aromatic N) is 2. The first-order valence-electron chi connectivity index (χ1n) is 7.31. The lowest BCUT2D eigenvalue weighted by atomic mass is 10.1. The normalized spacial score (nSPS) is 19.3. The van der Waals surface area contributed by atoms with E-state index in [1.165, 1.54) is 6.42 Å². The molecule has 1 atom stereocenters. The molecule has 0 saturated carbocycles. The fraction of sp³-hybridized carbons (Fsp3) is 0.929. The SMILES string of the molecule is CCC[C@@H](N)C(=O)N1CCN(CCC(C)C)CC1. The van der Waals surface area contributed by atoms with E-state index in [-0.39, 0.29) is 11.9 Å². The summed E-state index contributed by atoms with van der Waals surface area (Å²) in [6.45, 7) is 11.4. The number of nitrogens with two attached hydrogens (primary N) is 1. The van der Waals surface area contributed by atoms with E-state index >= 15 is 0 Å². The van der Waals surface area contributed by atoms with Crippen LogP contribution in [0.25, 0.3) is 0 Å². The van der Waals surface area contributed by atoms with Crippen molar-refractivity contribution in [3.63, 3.8) is 0 Å². The Morgan fingerprint density at radius 2 is 1.78 bits per heavy atom. The molecule has 1 aliphatic rings. The molecule has 4 heteroatoms. The van der Waals surface area contributed by atoms with Crippen LogP contribution in [0.15, 0.2) is 0 Å². The molecule has 1 heterocycles. The van der Waals surface area contributed by atoms with Crippen LogP contribution in [0.5, 0.6) is 0 Å². The summed E-state index contributed by atoms with van der Waals surface area (Å²) in [5, 5.41) is 0. The summed E-state index contributed by atoms with van der Waals surface area (Å²) < 4.78 is 0. The predicted octanol–water partition coefficient (Wildman–Crippen LogP) is 1.30. The third-order valence-electron chi connectivity index (χ3n) is 3.62. The zero-order valence-corrected chi connectivity index (χ0v) is 12.2. The number of hydrogen-bond donors (Lipinski definition) is 1. The van der Waals surface area contributed by atoms with Crippen molar-refractivity contribution in [1.29, 1.82) is 0 Å². The van der Waals surface area contributed by atoms with Gasteiger partial charge in [-0.2, -0.15) is 0 Å². The molecule has 0 bridgehead atoms. The molecule has 4 nitrogen and oxygen atoms in total. The smallest absolute Gasteiger partial charge is 0.239 e. The second kappa shape index (κ2) is 7.74. The molecule has 0 unspecified atom stereocenters. The zero-order valence-electron chi connectivity index (χ0n) is 12.2. The Morgan fingerprint density at radius 1 is 1.17 bits per heavy atom. The first-order valence-corrected chi connectivity index (χ1v) is 7.31. The highest BCUT2D eigenvalue weighted by atomic mass is 16.2. The van der Waals surface area contributed by atoms with Crippen molar-refractivity contribution < 1.29 is 4.79 Å². The van der Waals surface area contributed by atoms with Crippen molar-refractivity contribution in [2.75, 3.05) is 32.7 Å². The molecule has 0 aromatic carbocycles. The van der Waals surface area contributed by atoms with Crippen molar-refractivity contribution in [1.82, 2.24) is 9.80 Å². The Hall–Kier alpha value is -0.610. The van der Waals surface area contributed by atoms with Gasteiger partial charge in [-0.05, 0) is 25.3 Å². The minimum absolute atomic E-state index is 0.139. The Balaban J connectivity index is 2.28. The average molecular weight is 255 g/mol. The summed E-state index contributed by atoms with van der Waals surface area (Å²) in [5.41, 5.74) is 5.89. The molecule has 2 N–H and O–H groups in total. The number of rotatable bonds is 6. The Labute approximate surface area is 111 Å². The summed E-state index contributed by atoms with van der Waals surface area (Å²) in [6.07, 6.45) is 3.01.